The van der Waals surface area contributed by atoms with Crippen LogP contribution in [0.3, 0.4) is 0 Å². The van der Waals surface area contributed by atoms with Crippen LogP contribution in [0.5, 0.6) is 0 Å². The fourth-order valence-electron chi connectivity index (χ4n) is 0.118. The number of thiol groups is 1. The van der Waals surface area contributed by atoms with Gasteiger partial charge in [-0.25, -0.2) is 4.39 Å². The highest BCUT2D eigenvalue weighted by Crippen LogP contribution is 2.22. The first kappa shape index (κ1) is 7.98. The van der Waals surface area contributed by atoms with Gasteiger partial charge in [0.25, 0.3) is 0 Å². The van der Waals surface area contributed by atoms with Crippen molar-refractivity contribution >= 4 is 12.6 Å². The Labute approximate surface area is 53.9 Å². The van der Waals surface area contributed by atoms with Crippen LogP contribution in [-0.4, -0.2) is 13.0 Å². The van der Waals surface area contributed by atoms with Crippen molar-refractivity contribution in [2.45, 2.75) is 12.8 Å². The molecule has 1 atom stereocenters. The van der Waals surface area contributed by atoms with Gasteiger partial charge in [-0.15, -0.1) is 12.6 Å². The number of hydrogen-bond acceptors (Lipinski definition) is 2. The van der Waals surface area contributed by atoms with E-state index in [2.05, 4.69) is 23.9 Å². The van der Waals surface area contributed by atoms with Crippen molar-refractivity contribution in [3.05, 3.63) is 11.5 Å². The summed E-state index contributed by atoms with van der Waals surface area (Å²) in [5, 5.41) is 0. The number of rotatable bonds is 2. The third kappa shape index (κ3) is 1.84. The normalized spacial score (nSPS) is 17.5. The van der Waals surface area contributed by atoms with Crippen LogP contribution in [0.25, 0.3) is 0 Å². The van der Waals surface area contributed by atoms with Crippen molar-refractivity contribution in [1.82, 2.24) is 0 Å². The highest BCUT2D eigenvalue weighted by atomic mass is 32.1. The SMILES string of the molecule is C=C(S)C(C)(F)OC. The minimum Gasteiger partial charge on any atom is -0.345 e. The second-order valence-electron chi connectivity index (χ2n) is 1.57. The van der Waals surface area contributed by atoms with Crippen LogP contribution in [0.4, 0.5) is 4.39 Å². The van der Waals surface area contributed by atoms with E-state index < -0.39 is 5.85 Å². The van der Waals surface area contributed by atoms with Gasteiger partial charge in [0.15, 0.2) is 0 Å². The van der Waals surface area contributed by atoms with Gasteiger partial charge in [0.1, 0.15) is 0 Å². The summed E-state index contributed by atoms with van der Waals surface area (Å²) < 4.78 is 16.9. The average molecular weight is 136 g/mol. The average Bonchev–Trinajstić information content (AvgIpc) is 1.67. The maximum Gasteiger partial charge on any atom is 0.237 e. The zero-order chi connectivity index (χ0) is 6.78. The molecule has 1 nitrogen and oxygen atoms in total. The predicted molar refractivity (Wildman–Crippen MR) is 34.6 cm³/mol. The molecule has 0 radical (unpaired) electrons. The van der Waals surface area contributed by atoms with Crippen molar-refractivity contribution in [1.29, 1.82) is 0 Å². The molecule has 0 saturated heterocycles. The first-order valence-corrected chi connectivity index (χ1v) is 2.58. The molecule has 0 heterocycles. The highest BCUT2D eigenvalue weighted by molar-refractivity contribution is 7.84. The molecule has 0 aromatic heterocycles. The van der Waals surface area contributed by atoms with Crippen molar-refractivity contribution in [2.75, 3.05) is 7.11 Å². The Hall–Kier alpha value is -0.0200. The maximum absolute atomic E-state index is 12.5. The topological polar surface area (TPSA) is 9.23 Å². The van der Waals surface area contributed by atoms with E-state index >= 15 is 0 Å². The summed E-state index contributed by atoms with van der Waals surface area (Å²) in [7, 11) is 1.27. The summed E-state index contributed by atoms with van der Waals surface area (Å²) in [6.45, 7) is 4.51. The Balaban J connectivity index is 3.91. The monoisotopic (exact) mass is 136 g/mol. The zero-order valence-corrected chi connectivity index (χ0v) is 5.83. The van der Waals surface area contributed by atoms with Crippen molar-refractivity contribution in [3.8, 4) is 0 Å². The van der Waals surface area contributed by atoms with Crippen molar-refractivity contribution in [3.63, 3.8) is 0 Å². The van der Waals surface area contributed by atoms with Crippen LogP contribution in [0.15, 0.2) is 11.5 Å². The molecule has 0 aromatic rings. The fourth-order valence-corrected chi connectivity index (χ4v) is 0.209. The van der Waals surface area contributed by atoms with Crippen LogP contribution < -0.4 is 0 Å². The molecule has 0 fully saturated rings. The molecule has 0 bridgehead atoms. The Morgan fingerprint density at radius 2 is 2.25 bits per heavy atom. The van der Waals surface area contributed by atoms with Crippen LogP contribution in [-0.2, 0) is 4.74 Å². The molecule has 0 aliphatic heterocycles. The predicted octanol–water partition coefficient (Wildman–Crippen LogP) is 1.76. The molecule has 0 N–H and O–H groups in total. The Morgan fingerprint density at radius 3 is 2.25 bits per heavy atom. The number of alkyl halides is 1. The summed E-state index contributed by atoms with van der Waals surface area (Å²) in [5.74, 6) is -1.79. The van der Waals surface area contributed by atoms with Gasteiger partial charge in [0.05, 0.1) is 0 Å². The first-order valence-electron chi connectivity index (χ1n) is 2.13. The number of methoxy groups -OCH3 is 1. The molecular formula is C5H9FOS. The van der Waals surface area contributed by atoms with E-state index in [0.29, 0.717) is 0 Å². The van der Waals surface area contributed by atoms with Crippen LogP contribution in [0, 0.1) is 0 Å². The standard InChI is InChI=1S/C5H9FOS/c1-4(8)5(2,6)7-3/h8H,1H2,2-3H3. The Kier molecular flexibility index (Phi) is 2.50. The molecule has 8 heavy (non-hydrogen) atoms. The summed E-state index contributed by atoms with van der Waals surface area (Å²) in [6, 6.07) is 0. The van der Waals surface area contributed by atoms with Crippen molar-refractivity contribution < 1.29 is 9.13 Å². The molecule has 0 rings (SSSR count). The summed E-state index contributed by atoms with van der Waals surface area (Å²) >= 11 is 3.66. The van der Waals surface area contributed by atoms with Gasteiger partial charge in [-0.2, -0.15) is 0 Å². The molecule has 0 spiro atoms. The highest BCUT2D eigenvalue weighted by Gasteiger charge is 2.22. The molecule has 0 aromatic carbocycles. The van der Waals surface area contributed by atoms with Gasteiger partial charge in [-0.1, -0.05) is 6.58 Å². The van der Waals surface area contributed by atoms with E-state index in [-0.39, 0.29) is 4.91 Å². The van der Waals surface area contributed by atoms with Gasteiger partial charge < -0.3 is 4.74 Å². The quantitative estimate of drug-likeness (QED) is 0.569. The smallest absolute Gasteiger partial charge is 0.237 e. The van der Waals surface area contributed by atoms with E-state index in [1.807, 2.05) is 0 Å². The zero-order valence-electron chi connectivity index (χ0n) is 4.94. The van der Waals surface area contributed by atoms with Gasteiger partial charge in [0.2, 0.25) is 5.85 Å². The van der Waals surface area contributed by atoms with Crippen LogP contribution in [0.2, 0.25) is 0 Å². The molecule has 0 saturated carbocycles. The lowest BCUT2D eigenvalue weighted by Gasteiger charge is -2.16. The minimum absolute atomic E-state index is 0.0833. The van der Waals surface area contributed by atoms with E-state index in [9.17, 15) is 4.39 Å². The third-order valence-electron chi connectivity index (χ3n) is 0.899. The molecule has 48 valence electrons. The summed E-state index contributed by atoms with van der Waals surface area (Å²) in [4.78, 5) is 0.0833. The van der Waals surface area contributed by atoms with E-state index in [1.54, 1.807) is 0 Å². The summed E-state index contributed by atoms with van der Waals surface area (Å²) in [6.07, 6.45) is 0. The van der Waals surface area contributed by atoms with Gasteiger partial charge in [-0.3, -0.25) is 0 Å². The van der Waals surface area contributed by atoms with E-state index in [1.165, 1.54) is 14.0 Å². The molecule has 0 aliphatic rings. The van der Waals surface area contributed by atoms with Crippen LogP contribution >= 0.6 is 12.6 Å². The van der Waals surface area contributed by atoms with Crippen LogP contribution in [0.1, 0.15) is 6.92 Å². The second kappa shape index (κ2) is 2.51. The lowest BCUT2D eigenvalue weighted by atomic mass is 10.3. The lowest BCUT2D eigenvalue weighted by Crippen LogP contribution is -2.19. The third-order valence-corrected chi connectivity index (χ3v) is 1.30. The van der Waals surface area contributed by atoms with E-state index in [4.69, 9.17) is 0 Å². The van der Waals surface area contributed by atoms with Gasteiger partial charge in [-0.05, 0) is 6.92 Å². The molecule has 0 aliphatic carbocycles. The first-order chi connectivity index (χ1) is 3.50. The Morgan fingerprint density at radius 1 is 1.88 bits per heavy atom. The largest absolute Gasteiger partial charge is 0.345 e. The molecular weight excluding hydrogens is 127 g/mol. The van der Waals surface area contributed by atoms with Gasteiger partial charge in [0, 0.05) is 12.0 Å². The van der Waals surface area contributed by atoms with Gasteiger partial charge >= 0.3 is 0 Å². The number of ether oxygens (including phenoxy) is 1. The maximum atomic E-state index is 12.5. The molecule has 1 unspecified atom stereocenters. The summed E-state index contributed by atoms with van der Waals surface area (Å²) in [5.41, 5.74) is 0. The minimum atomic E-state index is -1.79. The molecule has 0 amide bonds. The fraction of sp³-hybridized carbons (Fsp3) is 0.600. The lowest BCUT2D eigenvalue weighted by molar-refractivity contribution is -0.0653. The number of hydrogen-bond donors (Lipinski definition) is 1. The van der Waals surface area contributed by atoms with Crippen molar-refractivity contribution in [2.24, 2.45) is 0 Å². The Bertz CT molecular complexity index is 101. The second-order valence-corrected chi connectivity index (χ2v) is 2.11. The van der Waals surface area contributed by atoms with E-state index in [0.717, 1.165) is 0 Å². The number of halogens is 1. The molecule has 3 heteroatoms.